The van der Waals surface area contributed by atoms with Crippen molar-refractivity contribution in [3.8, 4) is 16.4 Å². The molecule has 33 heavy (non-hydrogen) atoms. The van der Waals surface area contributed by atoms with Crippen molar-refractivity contribution in [2.24, 2.45) is 0 Å². The monoisotopic (exact) mass is 460 g/mol. The number of carbonyl (C=O) groups is 2. The summed E-state index contributed by atoms with van der Waals surface area (Å²) in [7, 11) is 0. The van der Waals surface area contributed by atoms with Crippen molar-refractivity contribution in [1.82, 2.24) is 19.7 Å². The largest absolute Gasteiger partial charge is 0.450 e. The molecule has 0 radical (unpaired) electrons. The van der Waals surface area contributed by atoms with Crippen molar-refractivity contribution >= 4 is 23.2 Å². The van der Waals surface area contributed by atoms with Gasteiger partial charge in [-0.2, -0.15) is 4.98 Å². The molecule has 0 spiro atoms. The second-order valence-electron chi connectivity index (χ2n) is 7.66. The van der Waals surface area contributed by atoms with Crippen LogP contribution < -0.4 is 0 Å². The van der Waals surface area contributed by atoms with Crippen LogP contribution in [0.2, 0.25) is 0 Å². The molecule has 4 aromatic rings. The Bertz CT molecular complexity index is 1210. The van der Waals surface area contributed by atoms with Gasteiger partial charge in [-0.1, -0.05) is 54.6 Å². The number of rotatable bonds is 8. The maximum Gasteiger partial charge on any atom is 0.378 e. The standard InChI is InChI=1S/C25H24N4O3S/c1-18(2)28(16-19-10-5-3-6-11-19)22(30)17-32-25(31)23-26-24(21-14-9-15-33-21)29(27-23)20-12-7-4-8-13-20/h3-15,18H,16-17H2,1-2H3. The Kier molecular flexibility index (Phi) is 6.95. The number of para-hydroxylation sites is 1. The predicted octanol–water partition coefficient (Wildman–Crippen LogP) is 4.59. The third-order valence-electron chi connectivity index (χ3n) is 5.00. The maximum atomic E-state index is 12.8. The van der Waals surface area contributed by atoms with E-state index in [0.29, 0.717) is 12.4 Å². The third-order valence-corrected chi connectivity index (χ3v) is 5.86. The van der Waals surface area contributed by atoms with Gasteiger partial charge in [0.05, 0.1) is 10.6 Å². The fourth-order valence-electron chi connectivity index (χ4n) is 3.33. The molecule has 0 fully saturated rings. The number of thiophene rings is 1. The van der Waals surface area contributed by atoms with E-state index in [9.17, 15) is 9.59 Å². The summed E-state index contributed by atoms with van der Waals surface area (Å²) in [5, 5.41) is 6.31. The number of nitrogens with zero attached hydrogens (tertiary/aromatic N) is 4. The molecule has 0 atom stereocenters. The molecule has 2 aromatic carbocycles. The second-order valence-corrected chi connectivity index (χ2v) is 8.61. The van der Waals surface area contributed by atoms with Crippen LogP contribution in [0.5, 0.6) is 0 Å². The molecule has 0 N–H and O–H groups in total. The van der Waals surface area contributed by atoms with Gasteiger partial charge in [0.2, 0.25) is 0 Å². The van der Waals surface area contributed by atoms with Gasteiger partial charge < -0.3 is 9.64 Å². The third kappa shape index (κ3) is 5.35. The topological polar surface area (TPSA) is 77.3 Å². The Morgan fingerprint density at radius 1 is 1.00 bits per heavy atom. The number of hydrogen-bond donors (Lipinski definition) is 0. The molecular formula is C25H24N4O3S. The van der Waals surface area contributed by atoms with E-state index in [4.69, 9.17) is 4.74 Å². The Morgan fingerprint density at radius 3 is 2.33 bits per heavy atom. The first-order valence-electron chi connectivity index (χ1n) is 10.6. The van der Waals surface area contributed by atoms with E-state index in [-0.39, 0.29) is 24.4 Å². The first-order valence-corrected chi connectivity index (χ1v) is 11.5. The van der Waals surface area contributed by atoms with Gasteiger partial charge in [0.15, 0.2) is 12.4 Å². The van der Waals surface area contributed by atoms with E-state index < -0.39 is 5.97 Å². The van der Waals surface area contributed by atoms with E-state index in [1.165, 1.54) is 11.3 Å². The minimum absolute atomic E-state index is 0.0442. The van der Waals surface area contributed by atoms with Gasteiger partial charge in [-0.05, 0) is 43.0 Å². The molecule has 168 valence electrons. The summed E-state index contributed by atoms with van der Waals surface area (Å²) in [6, 6.07) is 22.9. The van der Waals surface area contributed by atoms with Crippen molar-refractivity contribution in [3.05, 3.63) is 89.6 Å². The van der Waals surface area contributed by atoms with E-state index in [1.54, 1.807) is 9.58 Å². The Labute approximate surface area is 196 Å². The van der Waals surface area contributed by atoms with E-state index >= 15 is 0 Å². The number of hydrogen-bond acceptors (Lipinski definition) is 6. The highest BCUT2D eigenvalue weighted by Gasteiger charge is 2.23. The fraction of sp³-hybridized carbons (Fsp3) is 0.200. The number of esters is 1. The molecule has 0 saturated heterocycles. The Balaban J connectivity index is 1.49. The molecule has 1 amide bonds. The molecule has 0 unspecified atom stereocenters. The molecule has 0 aliphatic heterocycles. The molecule has 4 rings (SSSR count). The summed E-state index contributed by atoms with van der Waals surface area (Å²) in [4.78, 5) is 32.5. The summed E-state index contributed by atoms with van der Waals surface area (Å²) in [6.07, 6.45) is 0. The van der Waals surface area contributed by atoms with Crippen molar-refractivity contribution < 1.29 is 14.3 Å². The van der Waals surface area contributed by atoms with Crippen LogP contribution in [-0.2, 0) is 16.1 Å². The van der Waals surface area contributed by atoms with Gasteiger partial charge in [-0.15, -0.1) is 16.4 Å². The number of aromatic nitrogens is 3. The van der Waals surface area contributed by atoms with Crippen LogP contribution in [0.25, 0.3) is 16.4 Å². The summed E-state index contributed by atoms with van der Waals surface area (Å²) in [5.74, 6) is -0.556. The van der Waals surface area contributed by atoms with Gasteiger partial charge >= 0.3 is 5.97 Å². The first kappa shape index (κ1) is 22.4. The number of carbonyl (C=O) groups excluding carboxylic acids is 2. The van der Waals surface area contributed by atoms with Gasteiger partial charge in [0.1, 0.15) is 0 Å². The number of ether oxygens (including phenoxy) is 1. The van der Waals surface area contributed by atoms with Gasteiger partial charge in [0.25, 0.3) is 11.7 Å². The minimum Gasteiger partial charge on any atom is -0.450 e. The van der Waals surface area contributed by atoms with Crippen LogP contribution in [0.1, 0.15) is 30.0 Å². The quantitative estimate of drug-likeness (QED) is 0.360. The van der Waals surface area contributed by atoms with Crippen molar-refractivity contribution in [2.75, 3.05) is 6.61 Å². The van der Waals surface area contributed by atoms with Crippen LogP contribution >= 0.6 is 11.3 Å². The van der Waals surface area contributed by atoms with Gasteiger partial charge in [-0.25, -0.2) is 9.48 Å². The average molecular weight is 461 g/mol. The lowest BCUT2D eigenvalue weighted by molar-refractivity contribution is -0.137. The highest BCUT2D eigenvalue weighted by molar-refractivity contribution is 7.13. The van der Waals surface area contributed by atoms with Crippen molar-refractivity contribution in [3.63, 3.8) is 0 Å². The normalized spacial score (nSPS) is 10.9. The maximum absolute atomic E-state index is 12.8. The summed E-state index contributed by atoms with van der Waals surface area (Å²) in [6.45, 7) is 3.93. The van der Waals surface area contributed by atoms with E-state index in [2.05, 4.69) is 10.1 Å². The Hall–Kier alpha value is -3.78. The SMILES string of the molecule is CC(C)N(Cc1ccccc1)C(=O)COC(=O)c1nc(-c2cccs2)n(-c2ccccc2)n1. The second kappa shape index (κ2) is 10.2. The molecule has 2 heterocycles. The van der Waals surface area contributed by atoms with Crippen LogP contribution in [0, 0.1) is 0 Å². The van der Waals surface area contributed by atoms with E-state index in [0.717, 1.165) is 16.1 Å². The van der Waals surface area contributed by atoms with Crippen molar-refractivity contribution in [2.45, 2.75) is 26.4 Å². The molecule has 0 bridgehead atoms. The van der Waals surface area contributed by atoms with Gasteiger partial charge in [-0.3, -0.25) is 4.79 Å². The first-order chi connectivity index (χ1) is 16.0. The zero-order chi connectivity index (χ0) is 23.2. The smallest absolute Gasteiger partial charge is 0.378 e. The molecule has 8 heteroatoms. The van der Waals surface area contributed by atoms with Crippen LogP contribution in [0.4, 0.5) is 0 Å². The summed E-state index contributed by atoms with van der Waals surface area (Å²) < 4.78 is 6.93. The lowest BCUT2D eigenvalue weighted by atomic mass is 10.2. The predicted molar refractivity (Wildman–Crippen MR) is 127 cm³/mol. The highest BCUT2D eigenvalue weighted by atomic mass is 32.1. The van der Waals surface area contributed by atoms with Crippen LogP contribution in [0.3, 0.4) is 0 Å². The zero-order valence-corrected chi connectivity index (χ0v) is 19.2. The highest BCUT2D eigenvalue weighted by Crippen LogP contribution is 2.25. The molecule has 0 aliphatic rings. The molecule has 0 saturated carbocycles. The molecule has 7 nitrogen and oxygen atoms in total. The van der Waals surface area contributed by atoms with Crippen molar-refractivity contribution in [1.29, 1.82) is 0 Å². The number of amides is 1. The van der Waals surface area contributed by atoms with Gasteiger partial charge in [0, 0.05) is 12.6 Å². The number of benzene rings is 2. The van der Waals surface area contributed by atoms with Crippen LogP contribution in [0.15, 0.2) is 78.2 Å². The molecular weight excluding hydrogens is 436 g/mol. The zero-order valence-electron chi connectivity index (χ0n) is 18.4. The molecule has 0 aliphatic carbocycles. The summed E-state index contributed by atoms with van der Waals surface area (Å²) in [5.41, 5.74) is 1.78. The molecule has 2 aromatic heterocycles. The fourth-order valence-corrected chi connectivity index (χ4v) is 4.03. The Morgan fingerprint density at radius 2 is 1.70 bits per heavy atom. The lowest BCUT2D eigenvalue weighted by Gasteiger charge is -2.26. The average Bonchev–Trinajstić information content (AvgIpc) is 3.52. The minimum atomic E-state index is -0.737. The van der Waals surface area contributed by atoms with E-state index in [1.807, 2.05) is 92.0 Å². The summed E-state index contributed by atoms with van der Waals surface area (Å²) >= 11 is 1.50. The van der Waals surface area contributed by atoms with Crippen LogP contribution in [-0.4, -0.2) is 44.2 Å². The lowest BCUT2D eigenvalue weighted by Crippen LogP contribution is -2.39.